The summed E-state index contributed by atoms with van der Waals surface area (Å²) in [5.74, 6) is -1.57. The summed E-state index contributed by atoms with van der Waals surface area (Å²) >= 11 is 4.56. The first-order valence-electron chi connectivity index (χ1n) is 13.0. The van der Waals surface area contributed by atoms with Crippen LogP contribution in [0, 0.1) is 11.7 Å². The molecule has 41 heavy (non-hydrogen) atoms. The lowest BCUT2D eigenvalue weighted by molar-refractivity contribution is -0.138. The highest BCUT2D eigenvalue weighted by molar-refractivity contribution is 9.10. The van der Waals surface area contributed by atoms with E-state index >= 15 is 0 Å². The molecule has 1 aromatic carbocycles. The van der Waals surface area contributed by atoms with Gasteiger partial charge in [0.15, 0.2) is 10.8 Å². The molecule has 2 aliphatic rings. The smallest absolute Gasteiger partial charge is 0.337 e. The molecule has 1 fully saturated rings. The number of piperidine rings is 1. The molecule has 9 nitrogen and oxygen atoms in total. The number of alkyl halides is 1. The van der Waals surface area contributed by atoms with Crippen LogP contribution in [0.4, 0.5) is 8.78 Å². The molecule has 0 radical (unpaired) electrons. The highest BCUT2D eigenvalue weighted by Gasteiger charge is 2.30. The molecule has 4 rings (SSSR count). The second-order valence-electron chi connectivity index (χ2n) is 8.15. The van der Waals surface area contributed by atoms with E-state index < -0.39 is 24.0 Å². The summed E-state index contributed by atoms with van der Waals surface area (Å²) in [6, 6.07) is 6.26. The number of hydrogen-bond donors (Lipinski definition) is 3. The first-order valence-corrected chi connectivity index (χ1v) is 14.7. The molecule has 0 amide bonds. The van der Waals surface area contributed by atoms with Crippen molar-refractivity contribution < 1.29 is 33.3 Å². The number of esters is 1. The number of aromatic nitrogens is 1. The van der Waals surface area contributed by atoms with Gasteiger partial charge < -0.3 is 20.3 Å². The Morgan fingerprint density at radius 3 is 2.59 bits per heavy atom. The highest BCUT2D eigenvalue weighted by Crippen LogP contribution is 2.24. The van der Waals surface area contributed by atoms with Gasteiger partial charge in [-0.1, -0.05) is 41.9 Å². The Morgan fingerprint density at radius 1 is 1.32 bits per heavy atom. The molecular weight excluding hydrogens is 622 g/mol. The Kier molecular flexibility index (Phi) is 17.5. The largest absolute Gasteiger partial charge is 0.478 e. The lowest BCUT2D eigenvalue weighted by Crippen LogP contribution is -2.45. The van der Waals surface area contributed by atoms with Crippen molar-refractivity contribution in [2.24, 2.45) is 10.9 Å². The Hall–Kier alpha value is -3.00. The maximum Gasteiger partial charge on any atom is 0.337 e. The predicted octanol–water partition coefficient (Wildman–Crippen LogP) is 4.83. The Morgan fingerprint density at radius 2 is 2.05 bits per heavy atom. The molecule has 0 spiro atoms. The summed E-state index contributed by atoms with van der Waals surface area (Å²) in [4.78, 5) is 33.6. The Bertz CT molecular complexity index is 1160. The van der Waals surface area contributed by atoms with E-state index in [2.05, 4.69) is 31.2 Å². The number of halogens is 3. The van der Waals surface area contributed by atoms with Gasteiger partial charge in [-0.2, -0.15) is 0 Å². The van der Waals surface area contributed by atoms with E-state index in [0.29, 0.717) is 41.6 Å². The number of aliphatic imine (C=N–C) groups is 1. The van der Waals surface area contributed by atoms with Crippen LogP contribution in [0.25, 0.3) is 0 Å². The van der Waals surface area contributed by atoms with Gasteiger partial charge in [-0.05, 0) is 38.1 Å². The van der Waals surface area contributed by atoms with Crippen LogP contribution in [0.3, 0.4) is 0 Å². The molecule has 2 aromatic rings. The lowest BCUT2D eigenvalue weighted by atomic mass is 9.94. The number of thiazole rings is 1. The van der Waals surface area contributed by atoms with E-state index in [4.69, 9.17) is 14.9 Å². The molecule has 0 saturated carbocycles. The molecule has 226 valence electrons. The molecule has 2 atom stereocenters. The number of carbonyl (C=O) groups is 2. The molecule has 0 bridgehead atoms. The number of aliphatic hydroxyl groups excluding tert-OH is 1. The summed E-state index contributed by atoms with van der Waals surface area (Å²) in [6.45, 7) is 7.25. The maximum absolute atomic E-state index is 14.5. The zero-order chi connectivity index (χ0) is 30.8. The molecule has 3 heterocycles. The van der Waals surface area contributed by atoms with Crippen molar-refractivity contribution in [3.8, 4) is 0 Å². The van der Waals surface area contributed by atoms with Crippen LogP contribution >= 0.6 is 27.3 Å². The highest BCUT2D eigenvalue weighted by atomic mass is 79.9. The van der Waals surface area contributed by atoms with Gasteiger partial charge in [0.2, 0.25) is 0 Å². The number of carbonyl (C=O) groups excluding carboxylic acids is 1. The van der Waals surface area contributed by atoms with Crippen LogP contribution in [0.1, 0.15) is 32.2 Å². The molecule has 13 heteroatoms. The molecular formula is C28H37BrF2N4O5S. The summed E-state index contributed by atoms with van der Waals surface area (Å²) in [5, 5.41) is 21.5. The van der Waals surface area contributed by atoms with Crippen LogP contribution < -0.4 is 5.32 Å². The molecule has 1 saturated heterocycles. The van der Waals surface area contributed by atoms with Gasteiger partial charge in [-0.15, -0.1) is 11.3 Å². The van der Waals surface area contributed by atoms with Crippen LogP contribution in [0.2, 0.25) is 0 Å². The van der Waals surface area contributed by atoms with Crippen molar-refractivity contribution in [2.75, 3.05) is 39.9 Å². The second kappa shape index (κ2) is 20.0. The maximum atomic E-state index is 14.5. The predicted molar refractivity (Wildman–Crippen MR) is 160 cm³/mol. The second-order valence-corrected chi connectivity index (χ2v) is 9.96. The number of benzene rings is 1. The van der Waals surface area contributed by atoms with Gasteiger partial charge in [0.05, 0.1) is 18.7 Å². The van der Waals surface area contributed by atoms with Crippen molar-refractivity contribution in [1.82, 2.24) is 15.2 Å². The Balaban J connectivity index is 0.000000590. The number of allylic oxidation sites excluding steroid dienone is 1. The fraction of sp³-hybridized carbons (Fsp3) is 0.429. The van der Waals surface area contributed by atoms with Crippen molar-refractivity contribution in [3.63, 3.8) is 0 Å². The minimum Gasteiger partial charge on any atom is -0.478 e. The van der Waals surface area contributed by atoms with Gasteiger partial charge in [0.1, 0.15) is 12.0 Å². The third kappa shape index (κ3) is 12.6. The van der Waals surface area contributed by atoms with Gasteiger partial charge in [-0.3, -0.25) is 9.89 Å². The summed E-state index contributed by atoms with van der Waals surface area (Å²) in [5.41, 5.74) is 1.06. The number of nitrogens with zero attached hydrogens (tertiary/aromatic N) is 3. The van der Waals surface area contributed by atoms with Crippen molar-refractivity contribution in [1.29, 1.82) is 0 Å². The topological polar surface area (TPSA) is 124 Å². The first-order chi connectivity index (χ1) is 19.8. The summed E-state index contributed by atoms with van der Waals surface area (Å²) in [6.07, 6.45) is 3.41. The van der Waals surface area contributed by atoms with E-state index in [1.54, 1.807) is 25.3 Å². The fourth-order valence-corrected chi connectivity index (χ4v) is 4.72. The van der Waals surface area contributed by atoms with E-state index in [1.165, 1.54) is 29.5 Å². The SMILES string of the molecule is CC.CCOC(=O)C1=C(CN2CCC(/C=C/C(=O)O)C(F)C2)NC(c2nccs2)=NC1.CO.Fc1cccc(Br)c1. The molecule has 2 aliphatic heterocycles. The number of aliphatic hydroxyl groups is 1. The molecule has 0 aliphatic carbocycles. The number of amidine groups is 1. The number of hydrogen-bond acceptors (Lipinski definition) is 9. The number of carboxylic acid groups (broad SMARTS) is 1. The molecule has 2 unspecified atom stereocenters. The zero-order valence-corrected chi connectivity index (χ0v) is 25.9. The lowest BCUT2D eigenvalue weighted by Gasteiger charge is -2.34. The van der Waals surface area contributed by atoms with Gasteiger partial charge in [-0.25, -0.2) is 23.4 Å². The standard InChI is InChI=1S/C19H23FN4O4S.C6H4BrF.C2H6.CH4O/c1-2-28-19(27)13-9-22-17(18-21-6-8-29-18)23-15(13)11-24-7-5-12(14(20)10-24)3-4-16(25)26;7-5-2-1-3-6(8)4-5;2*1-2/h3-4,6,8,12,14H,2,5,7,9-11H2,1H3,(H,22,23)(H,25,26);1-4H;1-2H3;2H,1H3/b4-3+;;;. The van der Waals surface area contributed by atoms with Crippen molar-refractivity contribution in [2.45, 2.75) is 33.4 Å². The normalized spacial score (nSPS) is 18.4. The number of nitrogens with one attached hydrogen (secondary N) is 1. The monoisotopic (exact) mass is 658 g/mol. The molecule has 3 N–H and O–H groups in total. The van der Waals surface area contributed by atoms with Gasteiger partial charge in [0.25, 0.3) is 0 Å². The Labute approximate surface area is 251 Å². The van der Waals surface area contributed by atoms with E-state index in [-0.39, 0.29) is 25.5 Å². The van der Waals surface area contributed by atoms with Crippen LogP contribution in [-0.2, 0) is 14.3 Å². The minimum absolute atomic E-state index is 0.152. The number of carboxylic acids is 1. The zero-order valence-electron chi connectivity index (χ0n) is 23.5. The van der Waals surface area contributed by atoms with Crippen LogP contribution in [0.5, 0.6) is 0 Å². The summed E-state index contributed by atoms with van der Waals surface area (Å²) < 4.78 is 32.6. The third-order valence-corrected chi connectivity index (χ3v) is 6.79. The molecule has 1 aromatic heterocycles. The average Bonchev–Trinajstić information content (AvgIpc) is 3.50. The number of ether oxygens (including phenoxy) is 1. The van der Waals surface area contributed by atoms with Crippen molar-refractivity contribution >= 4 is 45.0 Å². The summed E-state index contributed by atoms with van der Waals surface area (Å²) in [7, 11) is 1.00. The quantitative estimate of drug-likeness (QED) is 0.285. The van der Waals surface area contributed by atoms with Crippen LogP contribution in [-0.4, -0.2) is 83.9 Å². The fourth-order valence-electron chi connectivity index (χ4n) is 3.75. The van der Waals surface area contributed by atoms with E-state index in [9.17, 15) is 18.4 Å². The van der Waals surface area contributed by atoms with E-state index in [0.717, 1.165) is 17.7 Å². The first kappa shape index (κ1) is 36.0. The number of likely N-dealkylation sites (tertiary alicyclic amines) is 1. The average molecular weight is 660 g/mol. The van der Waals surface area contributed by atoms with Crippen molar-refractivity contribution in [3.05, 3.63) is 74.6 Å². The van der Waals surface area contributed by atoms with Gasteiger partial charge >= 0.3 is 11.9 Å². The number of rotatable bonds is 7. The number of aliphatic carboxylic acids is 1. The van der Waals surface area contributed by atoms with Gasteiger partial charge in [0, 0.05) is 53.9 Å². The third-order valence-electron chi connectivity index (χ3n) is 5.52. The van der Waals surface area contributed by atoms with Crippen LogP contribution in [0.15, 0.2) is 68.7 Å². The minimum atomic E-state index is -1.18. The van der Waals surface area contributed by atoms with E-state index in [1.807, 2.05) is 24.1 Å².